The smallest absolute Gasteiger partial charge is 0.252 e. The number of carbonyl (C=O) groups excluding carboxylic acids is 1. The summed E-state index contributed by atoms with van der Waals surface area (Å²) in [5, 5.41) is 3.61. The summed E-state index contributed by atoms with van der Waals surface area (Å²) in [6.07, 6.45) is 1.96. The van der Waals surface area contributed by atoms with Crippen molar-refractivity contribution in [1.82, 2.24) is 5.32 Å². The number of ether oxygens (including phenoxy) is 1. The van der Waals surface area contributed by atoms with E-state index >= 15 is 0 Å². The summed E-state index contributed by atoms with van der Waals surface area (Å²) in [7, 11) is 1.63. The average molecular weight is 350 g/mol. The molecule has 23 heavy (non-hydrogen) atoms. The van der Waals surface area contributed by atoms with Crippen molar-refractivity contribution in [2.24, 2.45) is 0 Å². The molecule has 2 aromatic carbocycles. The molecule has 1 atom stereocenters. The number of thioether (sulfide) groups is 1. The second-order valence-corrected chi connectivity index (χ2v) is 6.61. The van der Waals surface area contributed by atoms with Crippen LogP contribution in [0.3, 0.4) is 0 Å². The van der Waals surface area contributed by atoms with Gasteiger partial charge in [0.05, 0.1) is 12.1 Å². The van der Waals surface area contributed by atoms with Crippen LogP contribution in [0.2, 0.25) is 5.02 Å². The fraction of sp³-hybridized carbons (Fsp3) is 0.278. The molecule has 122 valence electrons. The number of nitrogens with one attached hydrogen (secondary N) is 1. The fourth-order valence-corrected chi connectivity index (χ4v) is 3.07. The van der Waals surface area contributed by atoms with Crippen LogP contribution in [0.25, 0.3) is 0 Å². The van der Waals surface area contributed by atoms with Crippen molar-refractivity contribution in [2.75, 3.05) is 19.9 Å². The molecular weight excluding hydrogens is 330 g/mol. The molecule has 0 heterocycles. The molecule has 0 radical (unpaired) electrons. The Morgan fingerprint density at radius 2 is 2.00 bits per heavy atom. The normalized spacial score (nSPS) is 13.4. The third-order valence-corrected chi connectivity index (χ3v) is 4.85. The van der Waals surface area contributed by atoms with E-state index in [0.717, 1.165) is 10.5 Å². The summed E-state index contributed by atoms with van der Waals surface area (Å²) in [5.41, 5.74) is 0.949. The monoisotopic (exact) mass is 349 g/mol. The molecule has 0 bridgehead atoms. The van der Waals surface area contributed by atoms with Gasteiger partial charge in [0.2, 0.25) is 0 Å². The SMILES string of the molecule is COC(C)(CNC(=O)c1ccccc1SC)c1cccc(Cl)c1. The van der Waals surface area contributed by atoms with E-state index in [2.05, 4.69) is 5.32 Å². The minimum Gasteiger partial charge on any atom is -0.372 e. The minimum absolute atomic E-state index is 0.111. The highest BCUT2D eigenvalue weighted by Gasteiger charge is 2.27. The van der Waals surface area contributed by atoms with E-state index in [1.165, 1.54) is 0 Å². The molecule has 0 spiro atoms. The first-order valence-corrected chi connectivity index (χ1v) is 8.83. The zero-order valence-electron chi connectivity index (χ0n) is 13.4. The van der Waals surface area contributed by atoms with Crippen molar-refractivity contribution in [2.45, 2.75) is 17.4 Å². The largest absolute Gasteiger partial charge is 0.372 e. The van der Waals surface area contributed by atoms with Crippen molar-refractivity contribution < 1.29 is 9.53 Å². The van der Waals surface area contributed by atoms with Gasteiger partial charge in [-0.25, -0.2) is 0 Å². The maximum absolute atomic E-state index is 12.5. The van der Waals surface area contributed by atoms with Crippen molar-refractivity contribution in [3.05, 3.63) is 64.7 Å². The van der Waals surface area contributed by atoms with Crippen molar-refractivity contribution in [1.29, 1.82) is 0 Å². The van der Waals surface area contributed by atoms with E-state index in [1.54, 1.807) is 18.9 Å². The van der Waals surface area contributed by atoms with Crippen LogP contribution < -0.4 is 5.32 Å². The van der Waals surface area contributed by atoms with E-state index < -0.39 is 5.60 Å². The van der Waals surface area contributed by atoms with Gasteiger partial charge in [0.25, 0.3) is 5.91 Å². The quantitative estimate of drug-likeness (QED) is 0.788. The van der Waals surface area contributed by atoms with Gasteiger partial charge in [0, 0.05) is 17.0 Å². The fourth-order valence-electron chi connectivity index (χ4n) is 2.29. The highest BCUT2D eigenvalue weighted by atomic mass is 35.5. The Hall–Kier alpha value is -1.49. The van der Waals surface area contributed by atoms with E-state index in [0.29, 0.717) is 17.1 Å². The highest BCUT2D eigenvalue weighted by Crippen LogP contribution is 2.26. The molecular formula is C18H20ClNO2S. The summed E-state index contributed by atoms with van der Waals surface area (Å²) >= 11 is 7.61. The molecule has 1 unspecified atom stereocenters. The lowest BCUT2D eigenvalue weighted by atomic mass is 9.95. The van der Waals surface area contributed by atoms with Crippen molar-refractivity contribution >= 4 is 29.3 Å². The lowest BCUT2D eigenvalue weighted by Crippen LogP contribution is -2.40. The zero-order chi connectivity index (χ0) is 16.9. The Morgan fingerprint density at radius 3 is 2.65 bits per heavy atom. The Labute approximate surface area is 146 Å². The number of methoxy groups -OCH3 is 1. The number of hydrogen-bond donors (Lipinski definition) is 1. The Kier molecular flexibility index (Phi) is 6.10. The number of halogens is 1. The molecule has 0 saturated heterocycles. The Bertz CT molecular complexity index is 692. The highest BCUT2D eigenvalue weighted by molar-refractivity contribution is 7.98. The predicted molar refractivity (Wildman–Crippen MR) is 96.4 cm³/mol. The van der Waals surface area contributed by atoms with E-state index in [4.69, 9.17) is 16.3 Å². The minimum atomic E-state index is -0.644. The van der Waals surface area contributed by atoms with Gasteiger partial charge in [-0.3, -0.25) is 4.79 Å². The first-order chi connectivity index (χ1) is 11.0. The molecule has 1 N–H and O–H groups in total. The lowest BCUT2D eigenvalue weighted by Gasteiger charge is -2.29. The molecule has 0 saturated carbocycles. The Morgan fingerprint density at radius 1 is 1.26 bits per heavy atom. The molecule has 0 aromatic heterocycles. The van der Waals surface area contributed by atoms with Gasteiger partial charge in [-0.15, -0.1) is 11.8 Å². The van der Waals surface area contributed by atoms with Crippen LogP contribution in [0.15, 0.2) is 53.4 Å². The Balaban J connectivity index is 2.15. The first kappa shape index (κ1) is 17.9. The molecule has 0 aliphatic heterocycles. The summed E-state index contributed by atoms with van der Waals surface area (Å²) < 4.78 is 5.64. The van der Waals surface area contributed by atoms with E-state index in [9.17, 15) is 4.79 Å². The van der Waals surface area contributed by atoms with E-state index in [1.807, 2.05) is 61.7 Å². The van der Waals surface area contributed by atoms with Gasteiger partial charge >= 0.3 is 0 Å². The summed E-state index contributed by atoms with van der Waals surface area (Å²) in [6, 6.07) is 15.0. The maximum Gasteiger partial charge on any atom is 0.252 e. The van der Waals surface area contributed by atoms with Crippen LogP contribution in [0, 0.1) is 0 Å². The molecule has 3 nitrogen and oxygen atoms in total. The van der Waals surface area contributed by atoms with E-state index in [-0.39, 0.29) is 5.91 Å². The number of hydrogen-bond acceptors (Lipinski definition) is 3. The van der Waals surface area contributed by atoms with Crippen LogP contribution in [-0.4, -0.2) is 25.8 Å². The average Bonchev–Trinajstić information content (AvgIpc) is 2.59. The lowest BCUT2D eigenvalue weighted by molar-refractivity contribution is 0.00313. The maximum atomic E-state index is 12.5. The molecule has 2 rings (SSSR count). The molecule has 1 amide bonds. The van der Waals surface area contributed by atoms with Gasteiger partial charge in [-0.1, -0.05) is 35.9 Å². The topological polar surface area (TPSA) is 38.3 Å². The molecule has 0 aliphatic rings. The number of carbonyl (C=O) groups is 1. The second-order valence-electron chi connectivity index (χ2n) is 5.33. The number of benzene rings is 2. The van der Waals surface area contributed by atoms with Crippen LogP contribution in [-0.2, 0) is 10.3 Å². The van der Waals surface area contributed by atoms with Gasteiger partial charge in [0.1, 0.15) is 5.60 Å². The van der Waals surface area contributed by atoms with Gasteiger partial charge in [-0.05, 0) is 43.0 Å². The molecule has 0 aliphatic carbocycles. The summed E-state index contributed by atoms with van der Waals surface area (Å²) in [4.78, 5) is 13.4. The van der Waals surface area contributed by atoms with Crippen LogP contribution >= 0.6 is 23.4 Å². The number of amides is 1. The van der Waals surface area contributed by atoms with Crippen LogP contribution in [0.1, 0.15) is 22.8 Å². The van der Waals surface area contributed by atoms with Gasteiger partial charge < -0.3 is 10.1 Å². The summed E-state index contributed by atoms with van der Waals surface area (Å²) in [5.74, 6) is -0.111. The van der Waals surface area contributed by atoms with Crippen LogP contribution in [0.5, 0.6) is 0 Å². The van der Waals surface area contributed by atoms with Crippen molar-refractivity contribution in [3.8, 4) is 0 Å². The number of rotatable bonds is 6. The molecule has 0 fully saturated rings. The standard InChI is InChI=1S/C18H20ClNO2S/c1-18(22-2,13-7-6-8-14(19)11-13)12-20-17(21)15-9-4-5-10-16(15)23-3/h4-11H,12H2,1-3H3,(H,20,21). The van der Waals surface area contributed by atoms with Gasteiger partial charge in [-0.2, -0.15) is 0 Å². The third-order valence-electron chi connectivity index (χ3n) is 3.82. The molecule has 2 aromatic rings. The van der Waals surface area contributed by atoms with Gasteiger partial charge in [0.15, 0.2) is 0 Å². The molecule has 5 heteroatoms. The predicted octanol–water partition coefficient (Wildman–Crippen LogP) is 4.35. The van der Waals surface area contributed by atoms with Crippen LogP contribution in [0.4, 0.5) is 0 Å². The second kappa shape index (κ2) is 7.86. The third kappa shape index (κ3) is 4.28. The zero-order valence-corrected chi connectivity index (χ0v) is 15.0. The first-order valence-electron chi connectivity index (χ1n) is 7.22. The van der Waals surface area contributed by atoms with Crippen molar-refractivity contribution in [3.63, 3.8) is 0 Å². The summed E-state index contributed by atoms with van der Waals surface area (Å²) in [6.45, 7) is 2.28.